The summed E-state index contributed by atoms with van der Waals surface area (Å²) in [5.41, 5.74) is 1.15. The number of rotatable bonds is 5. The molecular formula is C17H20N4O2. The van der Waals surface area contributed by atoms with Crippen LogP contribution < -0.4 is 15.0 Å². The highest BCUT2D eigenvalue weighted by Gasteiger charge is 2.14. The molecule has 0 saturated carbocycles. The van der Waals surface area contributed by atoms with Crippen molar-refractivity contribution in [2.75, 3.05) is 29.9 Å². The highest BCUT2D eigenvalue weighted by Crippen LogP contribution is 2.19. The van der Waals surface area contributed by atoms with E-state index >= 15 is 0 Å². The summed E-state index contributed by atoms with van der Waals surface area (Å²) in [7, 11) is 0. The van der Waals surface area contributed by atoms with Crippen LogP contribution in [0.2, 0.25) is 0 Å². The van der Waals surface area contributed by atoms with Gasteiger partial charge >= 0.3 is 0 Å². The molecule has 23 heavy (non-hydrogen) atoms. The molecule has 2 aromatic rings. The van der Waals surface area contributed by atoms with Crippen LogP contribution >= 0.6 is 0 Å². The first-order valence-electron chi connectivity index (χ1n) is 7.77. The highest BCUT2D eigenvalue weighted by atomic mass is 16.5. The van der Waals surface area contributed by atoms with E-state index in [0.29, 0.717) is 11.6 Å². The summed E-state index contributed by atoms with van der Waals surface area (Å²) in [6.45, 7) is 3.96. The molecule has 1 aliphatic heterocycles. The maximum atomic E-state index is 12.0. The Hall–Kier alpha value is -2.63. The first-order chi connectivity index (χ1) is 11.2. The van der Waals surface area contributed by atoms with E-state index in [-0.39, 0.29) is 12.5 Å². The first-order valence-corrected chi connectivity index (χ1v) is 7.77. The van der Waals surface area contributed by atoms with E-state index in [2.05, 4.69) is 20.2 Å². The lowest BCUT2D eigenvalue weighted by Crippen LogP contribution is -2.22. The number of anilines is 2. The molecule has 0 unspecified atom stereocenters. The van der Waals surface area contributed by atoms with Gasteiger partial charge in [0.15, 0.2) is 6.61 Å². The molecule has 0 aliphatic carbocycles. The molecule has 1 aromatic carbocycles. The number of amides is 1. The predicted octanol–water partition coefficient (Wildman–Crippen LogP) is 2.40. The summed E-state index contributed by atoms with van der Waals surface area (Å²) < 4.78 is 5.46. The first kappa shape index (κ1) is 15.3. The van der Waals surface area contributed by atoms with E-state index in [4.69, 9.17) is 4.74 Å². The molecule has 0 radical (unpaired) electrons. The van der Waals surface area contributed by atoms with Gasteiger partial charge in [-0.1, -0.05) is 17.7 Å². The molecule has 1 N–H and O–H groups in total. The third kappa shape index (κ3) is 4.18. The molecule has 2 heterocycles. The van der Waals surface area contributed by atoms with Crippen LogP contribution in [0.1, 0.15) is 18.4 Å². The lowest BCUT2D eigenvalue weighted by atomic mass is 10.2. The van der Waals surface area contributed by atoms with Gasteiger partial charge < -0.3 is 15.0 Å². The van der Waals surface area contributed by atoms with Crippen molar-refractivity contribution >= 4 is 17.5 Å². The zero-order valence-electron chi connectivity index (χ0n) is 13.2. The van der Waals surface area contributed by atoms with E-state index < -0.39 is 0 Å². The molecule has 0 spiro atoms. The second-order valence-electron chi connectivity index (χ2n) is 5.61. The lowest BCUT2D eigenvalue weighted by Gasteiger charge is -2.16. The van der Waals surface area contributed by atoms with Gasteiger partial charge in [0.2, 0.25) is 0 Å². The van der Waals surface area contributed by atoms with Gasteiger partial charge in [-0.25, -0.2) is 9.97 Å². The van der Waals surface area contributed by atoms with Crippen molar-refractivity contribution in [3.8, 4) is 5.75 Å². The average Bonchev–Trinajstić information content (AvgIpc) is 3.09. The number of carbonyl (C=O) groups is 1. The largest absolute Gasteiger partial charge is 0.484 e. The van der Waals surface area contributed by atoms with E-state index in [1.54, 1.807) is 6.07 Å². The number of hydrogen-bond acceptors (Lipinski definition) is 5. The summed E-state index contributed by atoms with van der Waals surface area (Å²) in [6.07, 6.45) is 3.83. The minimum Gasteiger partial charge on any atom is -0.484 e. The molecule has 0 atom stereocenters. The van der Waals surface area contributed by atoms with E-state index in [1.165, 1.54) is 19.2 Å². The molecule has 120 valence electrons. The van der Waals surface area contributed by atoms with E-state index in [9.17, 15) is 4.79 Å². The normalized spacial score (nSPS) is 13.9. The van der Waals surface area contributed by atoms with E-state index in [1.807, 2.05) is 31.2 Å². The maximum Gasteiger partial charge on any atom is 0.263 e. The number of carbonyl (C=O) groups excluding carboxylic acids is 1. The van der Waals surface area contributed by atoms with Crippen molar-refractivity contribution in [2.45, 2.75) is 19.8 Å². The predicted molar refractivity (Wildman–Crippen MR) is 88.8 cm³/mol. The fourth-order valence-corrected chi connectivity index (χ4v) is 2.50. The van der Waals surface area contributed by atoms with Crippen LogP contribution in [0, 0.1) is 6.92 Å². The fourth-order valence-electron chi connectivity index (χ4n) is 2.50. The van der Waals surface area contributed by atoms with Crippen molar-refractivity contribution < 1.29 is 9.53 Å². The zero-order valence-corrected chi connectivity index (χ0v) is 13.2. The standard InChI is InChI=1S/C17H20N4O2/c1-13-4-6-14(7-5-13)23-11-17(22)20-15-10-16(19-12-18-15)21-8-2-3-9-21/h4-7,10,12H,2-3,8-9,11H2,1H3,(H,18,19,20,22). The number of ether oxygens (including phenoxy) is 1. The number of benzene rings is 1. The second kappa shape index (κ2) is 7.09. The fraction of sp³-hybridized carbons (Fsp3) is 0.353. The van der Waals surface area contributed by atoms with Crippen molar-refractivity contribution in [3.63, 3.8) is 0 Å². The molecule has 6 nitrogen and oxygen atoms in total. The monoisotopic (exact) mass is 312 g/mol. The third-order valence-corrected chi connectivity index (χ3v) is 3.74. The molecule has 3 rings (SSSR count). The topological polar surface area (TPSA) is 67.3 Å². The summed E-state index contributed by atoms with van der Waals surface area (Å²) in [5, 5.41) is 2.75. The quantitative estimate of drug-likeness (QED) is 0.918. The van der Waals surface area contributed by atoms with Crippen LogP contribution in [0.25, 0.3) is 0 Å². The summed E-state index contributed by atoms with van der Waals surface area (Å²) >= 11 is 0. The Morgan fingerprint density at radius 2 is 1.96 bits per heavy atom. The second-order valence-corrected chi connectivity index (χ2v) is 5.61. The molecule has 1 fully saturated rings. The van der Waals surface area contributed by atoms with Crippen molar-refractivity contribution in [1.82, 2.24) is 9.97 Å². The Morgan fingerprint density at radius 3 is 2.70 bits per heavy atom. The van der Waals surface area contributed by atoms with Gasteiger partial charge in [-0.15, -0.1) is 0 Å². The van der Waals surface area contributed by atoms with Crippen molar-refractivity contribution in [3.05, 3.63) is 42.2 Å². The molecule has 1 aromatic heterocycles. The zero-order chi connectivity index (χ0) is 16.1. The SMILES string of the molecule is Cc1ccc(OCC(=O)Nc2cc(N3CCCC3)ncn2)cc1. The summed E-state index contributed by atoms with van der Waals surface area (Å²) in [5.74, 6) is 1.79. The average molecular weight is 312 g/mol. The maximum absolute atomic E-state index is 12.0. The van der Waals surface area contributed by atoms with Gasteiger partial charge in [0.1, 0.15) is 23.7 Å². The molecular weight excluding hydrogens is 292 g/mol. The van der Waals surface area contributed by atoms with Crippen LogP contribution in [0.15, 0.2) is 36.7 Å². The Morgan fingerprint density at radius 1 is 1.22 bits per heavy atom. The smallest absolute Gasteiger partial charge is 0.263 e. The molecule has 1 saturated heterocycles. The minimum atomic E-state index is -0.239. The van der Waals surface area contributed by atoms with Gasteiger partial charge in [-0.2, -0.15) is 0 Å². The Bertz CT molecular complexity index is 667. The molecule has 6 heteroatoms. The molecule has 0 bridgehead atoms. The third-order valence-electron chi connectivity index (χ3n) is 3.74. The van der Waals surface area contributed by atoms with Crippen LogP contribution in [0.3, 0.4) is 0 Å². The number of aromatic nitrogens is 2. The van der Waals surface area contributed by atoms with Crippen LogP contribution in [0.4, 0.5) is 11.6 Å². The summed E-state index contributed by atoms with van der Waals surface area (Å²) in [6, 6.07) is 9.38. The lowest BCUT2D eigenvalue weighted by molar-refractivity contribution is -0.118. The van der Waals surface area contributed by atoms with Crippen LogP contribution in [-0.2, 0) is 4.79 Å². The molecule has 1 amide bonds. The number of hydrogen-bond donors (Lipinski definition) is 1. The molecule has 1 aliphatic rings. The number of aryl methyl sites for hydroxylation is 1. The highest BCUT2D eigenvalue weighted by molar-refractivity contribution is 5.91. The Labute approximate surface area is 135 Å². The Kier molecular flexibility index (Phi) is 4.71. The number of nitrogens with zero attached hydrogens (tertiary/aromatic N) is 3. The summed E-state index contributed by atoms with van der Waals surface area (Å²) in [4.78, 5) is 22.5. The van der Waals surface area contributed by atoms with Gasteiger partial charge in [0, 0.05) is 19.2 Å². The van der Waals surface area contributed by atoms with Crippen molar-refractivity contribution in [2.24, 2.45) is 0 Å². The Balaban J connectivity index is 1.55. The van der Waals surface area contributed by atoms with Gasteiger partial charge in [0.05, 0.1) is 0 Å². The van der Waals surface area contributed by atoms with Gasteiger partial charge in [-0.3, -0.25) is 4.79 Å². The van der Waals surface area contributed by atoms with Crippen LogP contribution in [-0.4, -0.2) is 35.6 Å². The van der Waals surface area contributed by atoms with Gasteiger partial charge in [0.25, 0.3) is 5.91 Å². The van der Waals surface area contributed by atoms with Crippen LogP contribution in [0.5, 0.6) is 5.75 Å². The van der Waals surface area contributed by atoms with E-state index in [0.717, 1.165) is 24.5 Å². The number of nitrogens with one attached hydrogen (secondary N) is 1. The van der Waals surface area contributed by atoms with Crippen molar-refractivity contribution in [1.29, 1.82) is 0 Å². The van der Waals surface area contributed by atoms with Gasteiger partial charge in [-0.05, 0) is 31.9 Å². The minimum absolute atomic E-state index is 0.0495.